The number of aromatic nitrogens is 1. The van der Waals surface area contributed by atoms with Gasteiger partial charge in [0.25, 0.3) is 0 Å². The number of amidine groups is 1. The molecule has 0 saturated carbocycles. The van der Waals surface area contributed by atoms with Crippen LogP contribution in [0, 0.1) is 0 Å². The van der Waals surface area contributed by atoms with Crippen LogP contribution in [0.25, 0.3) is 32.6 Å². The van der Waals surface area contributed by atoms with Crippen molar-refractivity contribution in [1.29, 1.82) is 0 Å². The Kier molecular flexibility index (Phi) is 8.95. The number of aromatic carboxylic acids is 1. The molecule has 0 unspecified atom stereocenters. The summed E-state index contributed by atoms with van der Waals surface area (Å²) in [5.74, 6) is -0.210. The van der Waals surface area contributed by atoms with E-state index >= 15 is 0 Å². The quantitative estimate of drug-likeness (QED) is 0.265. The minimum atomic E-state index is -0.994. The number of aliphatic imine (C=N–C) groups is 1. The summed E-state index contributed by atoms with van der Waals surface area (Å²) in [6.07, 6.45) is 0. The van der Waals surface area contributed by atoms with Gasteiger partial charge in [0, 0.05) is 37.1 Å². The van der Waals surface area contributed by atoms with Crippen LogP contribution in [0.5, 0.6) is 0 Å². The Morgan fingerprint density at radius 1 is 0.949 bits per heavy atom. The maximum atomic E-state index is 12.2. The first kappa shape index (κ1) is 27.0. The van der Waals surface area contributed by atoms with Gasteiger partial charge in [0.1, 0.15) is 21.2 Å². The van der Waals surface area contributed by atoms with Crippen molar-refractivity contribution in [2.45, 2.75) is 6.92 Å². The summed E-state index contributed by atoms with van der Waals surface area (Å²) in [7, 11) is 0. The largest absolute Gasteiger partial charge is 0.477 e. The molecule has 2 aliphatic heterocycles. The van der Waals surface area contributed by atoms with Crippen LogP contribution in [0.4, 0.5) is 5.69 Å². The number of benzene rings is 2. The highest BCUT2D eigenvalue weighted by Gasteiger charge is 2.24. The van der Waals surface area contributed by atoms with Gasteiger partial charge in [-0.15, -0.1) is 11.3 Å². The van der Waals surface area contributed by atoms with E-state index in [1.807, 2.05) is 73.7 Å². The summed E-state index contributed by atoms with van der Waals surface area (Å²) in [6, 6.07) is 22.0. The highest BCUT2D eigenvalue weighted by molar-refractivity contribution is 7.21. The molecule has 0 atom stereocenters. The molecular formula is C30H32N4O4S. The van der Waals surface area contributed by atoms with E-state index in [0.29, 0.717) is 23.7 Å². The Morgan fingerprint density at radius 3 is 2.13 bits per heavy atom. The van der Waals surface area contributed by atoms with Gasteiger partial charge in [0.05, 0.1) is 32.1 Å². The third kappa shape index (κ3) is 6.51. The number of carbonyl (C=O) groups is 1. The van der Waals surface area contributed by atoms with Crippen molar-refractivity contribution in [1.82, 2.24) is 15.2 Å². The zero-order valence-corrected chi connectivity index (χ0v) is 22.7. The number of carboxylic acid groups (broad SMARTS) is 1. The molecular weight excluding hydrogens is 512 g/mol. The van der Waals surface area contributed by atoms with Crippen LogP contribution in [-0.2, 0) is 9.47 Å². The van der Waals surface area contributed by atoms with E-state index in [1.165, 1.54) is 11.3 Å². The second-order valence-corrected chi connectivity index (χ2v) is 10.2. The fraction of sp³-hybridized carbons (Fsp3) is 0.300. The number of rotatable bonds is 4. The highest BCUT2D eigenvalue weighted by Crippen LogP contribution is 2.44. The molecule has 0 radical (unpaired) electrons. The average molecular weight is 545 g/mol. The Labute approximate surface area is 231 Å². The van der Waals surface area contributed by atoms with Gasteiger partial charge in [0.2, 0.25) is 0 Å². The zero-order valence-electron chi connectivity index (χ0n) is 21.9. The number of morpholine rings is 2. The van der Waals surface area contributed by atoms with Crippen LogP contribution in [0.1, 0.15) is 16.6 Å². The average Bonchev–Trinajstić information content (AvgIpc) is 3.37. The van der Waals surface area contributed by atoms with E-state index in [9.17, 15) is 9.90 Å². The molecule has 2 aromatic heterocycles. The lowest BCUT2D eigenvalue weighted by molar-refractivity contribution is 0.0677. The second kappa shape index (κ2) is 12.9. The lowest BCUT2D eigenvalue weighted by atomic mass is 9.99. The molecule has 39 heavy (non-hydrogen) atoms. The molecule has 202 valence electrons. The normalized spacial score (nSPS) is 16.0. The van der Waals surface area contributed by atoms with Gasteiger partial charge in [-0.1, -0.05) is 60.7 Å². The zero-order chi connectivity index (χ0) is 27.0. The number of ether oxygens (including phenoxy) is 2. The second-order valence-electron chi connectivity index (χ2n) is 9.17. The van der Waals surface area contributed by atoms with E-state index in [0.717, 1.165) is 73.0 Å². The topological polar surface area (TPSA) is 96.3 Å². The van der Waals surface area contributed by atoms with Crippen molar-refractivity contribution in [3.8, 4) is 22.4 Å². The van der Waals surface area contributed by atoms with Crippen molar-refractivity contribution in [3.63, 3.8) is 0 Å². The number of thiophene rings is 1. The maximum Gasteiger partial charge on any atom is 0.348 e. The summed E-state index contributed by atoms with van der Waals surface area (Å²) < 4.78 is 10.5. The lowest BCUT2D eigenvalue weighted by Gasteiger charge is -2.28. The molecule has 0 spiro atoms. The predicted octanol–water partition coefficient (Wildman–Crippen LogP) is 5.32. The number of fused-ring (bicyclic) bond motifs is 1. The SMILES string of the molecule is C1COCCN1.CC(=Nc1c(C(=O)O)sc2nc(-c3ccccc3)cc(-c3ccccc3)c12)N1CCOCC1. The van der Waals surface area contributed by atoms with Crippen LogP contribution in [0.15, 0.2) is 71.7 Å². The van der Waals surface area contributed by atoms with Gasteiger partial charge >= 0.3 is 5.97 Å². The molecule has 2 N–H and O–H groups in total. The van der Waals surface area contributed by atoms with Gasteiger partial charge in [-0.2, -0.15) is 0 Å². The third-order valence-corrected chi connectivity index (χ3v) is 7.64. The lowest BCUT2D eigenvalue weighted by Crippen LogP contribution is -2.39. The van der Waals surface area contributed by atoms with E-state index in [4.69, 9.17) is 19.5 Å². The Hall–Kier alpha value is -3.63. The summed E-state index contributed by atoms with van der Waals surface area (Å²) in [4.78, 5) is 25.0. The van der Waals surface area contributed by atoms with Crippen LogP contribution >= 0.6 is 11.3 Å². The van der Waals surface area contributed by atoms with Gasteiger partial charge in [0.15, 0.2) is 0 Å². The number of nitrogens with zero attached hydrogens (tertiary/aromatic N) is 3. The number of hydrogen-bond donors (Lipinski definition) is 2. The van der Waals surface area contributed by atoms with Crippen molar-refractivity contribution in [2.75, 3.05) is 52.6 Å². The Balaban J connectivity index is 0.000000455. The highest BCUT2D eigenvalue weighted by atomic mass is 32.1. The fourth-order valence-corrected chi connectivity index (χ4v) is 5.55. The van der Waals surface area contributed by atoms with E-state index in [2.05, 4.69) is 10.2 Å². The maximum absolute atomic E-state index is 12.2. The molecule has 4 heterocycles. The van der Waals surface area contributed by atoms with Gasteiger partial charge in [-0.3, -0.25) is 0 Å². The van der Waals surface area contributed by atoms with Gasteiger partial charge < -0.3 is 24.8 Å². The van der Waals surface area contributed by atoms with Crippen molar-refractivity contribution >= 4 is 39.0 Å². The van der Waals surface area contributed by atoms with Gasteiger partial charge in [-0.05, 0) is 24.1 Å². The van der Waals surface area contributed by atoms with Crippen LogP contribution < -0.4 is 5.32 Å². The number of hydrogen-bond acceptors (Lipinski definition) is 7. The van der Waals surface area contributed by atoms with Crippen molar-refractivity contribution in [2.24, 2.45) is 4.99 Å². The molecule has 2 fully saturated rings. The molecule has 2 aliphatic rings. The first-order chi connectivity index (χ1) is 19.1. The molecule has 6 rings (SSSR count). The van der Waals surface area contributed by atoms with E-state index < -0.39 is 5.97 Å². The predicted molar refractivity (Wildman–Crippen MR) is 156 cm³/mol. The molecule has 0 aliphatic carbocycles. The Morgan fingerprint density at radius 2 is 1.56 bits per heavy atom. The smallest absolute Gasteiger partial charge is 0.348 e. The first-order valence-corrected chi connectivity index (χ1v) is 13.9. The molecule has 2 saturated heterocycles. The van der Waals surface area contributed by atoms with Crippen LogP contribution in [0.2, 0.25) is 0 Å². The summed E-state index contributed by atoms with van der Waals surface area (Å²) >= 11 is 1.18. The molecule has 2 aromatic carbocycles. The van der Waals surface area contributed by atoms with E-state index in [-0.39, 0.29) is 4.88 Å². The Bertz CT molecular complexity index is 1420. The van der Waals surface area contributed by atoms with Gasteiger partial charge in [-0.25, -0.2) is 14.8 Å². The molecule has 9 heteroatoms. The number of pyridine rings is 1. The van der Waals surface area contributed by atoms with Crippen LogP contribution in [-0.4, -0.2) is 79.4 Å². The first-order valence-electron chi connectivity index (χ1n) is 13.1. The summed E-state index contributed by atoms with van der Waals surface area (Å²) in [5.41, 5.74) is 4.18. The minimum absolute atomic E-state index is 0.201. The summed E-state index contributed by atoms with van der Waals surface area (Å²) in [6.45, 7) is 8.51. The third-order valence-electron chi connectivity index (χ3n) is 6.57. The van der Waals surface area contributed by atoms with Crippen molar-refractivity contribution < 1.29 is 19.4 Å². The number of nitrogens with one attached hydrogen (secondary N) is 1. The standard InChI is InChI=1S/C26H23N3O3S.C4H9NO/c1-17(29-12-14-32-15-13-29)27-23-22-20(18-8-4-2-5-9-18)16-21(19-10-6-3-7-11-19)28-25(22)33-24(23)26(30)31;1-3-6-4-2-5-1/h2-11,16H,12-15H2,1H3,(H,30,31);5H,1-4H2. The molecule has 0 bridgehead atoms. The fourth-order valence-electron chi connectivity index (χ4n) is 4.57. The number of carboxylic acids is 1. The monoisotopic (exact) mass is 544 g/mol. The summed E-state index contributed by atoms with van der Waals surface area (Å²) in [5, 5.41) is 14.0. The minimum Gasteiger partial charge on any atom is -0.477 e. The molecule has 4 aromatic rings. The molecule has 0 amide bonds. The molecule has 8 nitrogen and oxygen atoms in total. The van der Waals surface area contributed by atoms with Crippen LogP contribution in [0.3, 0.4) is 0 Å². The van der Waals surface area contributed by atoms with Crippen molar-refractivity contribution in [3.05, 3.63) is 71.6 Å². The van der Waals surface area contributed by atoms with E-state index in [1.54, 1.807) is 0 Å².